The van der Waals surface area contributed by atoms with Crippen LogP contribution in [0.4, 0.5) is 17.1 Å². The van der Waals surface area contributed by atoms with Crippen molar-refractivity contribution in [3.63, 3.8) is 0 Å². The molecule has 2 fully saturated rings. The van der Waals surface area contributed by atoms with E-state index < -0.39 is 0 Å². The lowest BCUT2D eigenvalue weighted by Crippen LogP contribution is -2.10. The number of thiophene rings is 1. The topological polar surface area (TPSA) is 3.24 Å². The Balaban J connectivity index is 1.03. The van der Waals surface area contributed by atoms with Gasteiger partial charge in [-0.2, -0.15) is 0 Å². The lowest BCUT2D eigenvalue weighted by molar-refractivity contribution is 0.420. The monoisotopic (exact) mass is 697 g/mol. The second-order valence-electron chi connectivity index (χ2n) is 15.3. The Morgan fingerprint density at radius 2 is 1.13 bits per heavy atom. The Morgan fingerprint density at radius 3 is 1.92 bits per heavy atom. The summed E-state index contributed by atoms with van der Waals surface area (Å²) in [6.45, 7) is 0. The Kier molecular flexibility index (Phi) is 7.26. The van der Waals surface area contributed by atoms with Crippen LogP contribution in [0.2, 0.25) is 0 Å². The highest BCUT2D eigenvalue weighted by Gasteiger charge is 2.40. The second kappa shape index (κ2) is 12.5. The number of hydrogen-bond acceptors (Lipinski definition) is 2. The van der Waals surface area contributed by atoms with Crippen LogP contribution in [0, 0.1) is 11.8 Å². The maximum Gasteiger partial charge on any atom is 0.0476 e. The van der Waals surface area contributed by atoms with Crippen LogP contribution in [0.3, 0.4) is 0 Å². The largest absolute Gasteiger partial charge is 0.310 e. The third-order valence-electron chi connectivity index (χ3n) is 12.3. The summed E-state index contributed by atoms with van der Waals surface area (Å²) in [5, 5.41) is 7.84. The van der Waals surface area contributed by atoms with Crippen molar-refractivity contribution >= 4 is 70.1 Å². The van der Waals surface area contributed by atoms with Gasteiger partial charge in [-0.1, -0.05) is 134 Å². The number of rotatable bonds is 6. The lowest BCUT2D eigenvalue weighted by atomic mass is 9.83. The molecule has 2 aliphatic carbocycles. The fourth-order valence-electron chi connectivity index (χ4n) is 9.81. The minimum atomic E-state index is 0.742. The van der Waals surface area contributed by atoms with E-state index in [9.17, 15) is 0 Å². The van der Waals surface area contributed by atoms with E-state index in [0.29, 0.717) is 0 Å². The summed E-state index contributed by atoms with van der Waals surface area (Å²) in [4.78, 5) is 2.44. The third kappa shape index (κ3) is 5.27. The van der Waals surface area contributed by atoms with Crippen molar-refractivity contribution in [3.05, 3.63) is 175 Å². The van der Waals surface area contributed by atoms with Crippen LogP contribution < -0.4 is 4.90 Å². The highest BCUT2D eigenvalue weighted by atomic mass is 32.1. The van der Waals surface area contributed by atoms with Gasteiger partial charge in [0.1, 0.15) is 0 Å². The molecule has 0 N–H and O–H groups in total. The molecule has 2 aliphatic rings. The van der Waals surface area contributed by atoms with Gasteiger partial charge in [0, 0.05) is 37.2 Å². The molecule has 0 saturated heterocycles. The van der Waals surface area contributed by atoms with Gasteiger partial charge in [-0.25, -0.2) is 0 Å². The smallest absolute Gasteiger partial charge is 0.0476 e. The van der Waals surface area contributed by atoms with E-state index in [1.807, 2.05) is 11.3 Å². The fourth-order valence-corrected chi connectivity index (χ4v) is 10.9. The molecule has 11 rings (SSSR count). The Morgan fingerprint density at radius 1 is 0.453 bits per heavy atom. The standard InChI is InChI=1S/C51H39NS/c1-2-8-34(9-3-1)44-13-6-10-36-11-7-14-45(51(36)44)35-20-23-41(24-21-35)52(43-26-27-47-46-12-4-5-15-49(46)53-50(47)32-43)42-25-22-37-30-40(19-18-38(37)31-42)48-29-33-16-17-39(48)28-33/h1-15,18-27,30-33,39,48H,16-17,28-29H2. The molecule has 0 aliphatic heterocycles. The summed E-state index contributed by atoms with van der Waals surface area (Å²) in [7, 11) is 0. The zero-order valence-corrected chi connectivity index (χ0v) is 30.4. The van der Waals surface area contributed by atoms with E-state index in [2.05, 4.69) is 175 Å². The molecule has 3 atom stereocenters. The molecule has 0 amide bonds. The molecule has 1 aromatic heterocycles. The lowest BCUT2D eigenvalue weighted by Gasteiger charge is -2.26. The zero-order valence-electron chi connectivity index (χ0n) is 29.6. The quantitative estimate of drug-likeness (QED) is 0.167. The molecule has 8 aromatic carbocycles. The van der Waals surface area contributed by atoms with Gasteiger partial charge < -0.3 is 4.90 Å². The molecule has 0 spiro atoms. The van der Waals surface area contributed by atoms with Gasteiger partial charge in [0.25, 0.3) is 0 Å². The zero-order chi connectivity index (χ0) is 34.9. The molecule has 1 heterocycles. The van der Waals surface area contributed by atoms with Crippen molar-refractivity contribution in [3.8, 4) is 22.3 Å². The van der Waals surface area contributed by atoms with Crippen LogP contribution in [0.15, 0.2) is 170 Å². The van der Waals surface area contributed by atoms with Gasteiger partial charge in [-0.3, -0.25) is 0 Å². The second-order valence-corrected chi connectivity index (χ2v) is 16.4. The molecule has 1 nitrogen and oxygen atoms in total. The first-order valence-electron chi connectivity index (χ1n) is 19.2. The van der Waals surface area contributed by atoms with Crippen molar-refractivity contribution < 1.29 is 0 Å². The molecule has 2 bridgehead atoms. The molecule has 3 unspecified atom stereocenters. The van der Waals surface area contributed by atoms with E-state index in [1.165, 1.54) is 101 Å². The first-order chi connectivity index (χ1) is 26.2. The van der Waals surface area contributed by atoms with Crippen LogP contribution in [0.1, 0.15) is 37.2 Å². The van der Waals surface area contributed by atoms with Crippen molar-refractivity contribution in [2.45, 2.75) is 31.6 Å². The first-order valence-corrected chi connectivity index (χ1v) is 20.0. The van der Waals surface area contributed by atoms with E-state index >= 15 is 0 Å². The predicted octanol–water partition coefficient (Wildman–Crippen LogP) is 15.1. The van der Waals surface area contributed by atoms with Crippen LogP contribution in [-0.4, -0.2) is 0 Å². The van der Waals surface area contributed by atoms with Crippen molar-refractivity contribution in [1.82, 2.24) is 0 Å². The number of nitrogens with zero attached hydrogens (tertiary/aromatic N) is 1. The minimum Gasteiger partial charge on any atom is -0.310 e. The van der Waals surface area contributed by atoms with E-state index in [1.54, 1.807) is 5.56 Å². The molecule has 2 heteroatoms. The van der Waals surface area contributed by atoms with Gasteiger partial charge in [-0.05, 0) is 129 Å². The Bertz CT molecular complexity index is 2810. The van der Waals surface area contributed by atoms with Crippen molar-refractivity contribution in [2.24, 2.45) is 11.8 Å². The van der Waals surface area contributed by atoms with Crippen molar-refractivity contribution in [1.29, 1.82) is 0 Å². The summed E-state index contributed by atoms with van der Waals surface area (Å²) in [5.41, 5.74) is 10.0. The molecule has 0 radical (unpaired) electrons. The summed E-state index contributed by atoms with van der Waals surface area (Å²) in [6, 6.07) is 63.4. The summed E-state index contributed by atoms with van der Waals surface area (Å²) in [6.07, 6.45) is 5.68. The Labute approximate surface area is 314 Å². The first kappa shape index (κ1) is 30.9. The molecular weight excluding hydrogens is 659 g/mol. The van der Waals surface area contributed by atoms with E-state index in [-0.39, 0.29) is 0 Å². The summed E-state index contributed by atoms with van der Waals surface area (Å²) in [5.74, 6) is 2.58. The van der Waals surface area contributed by atoms with Crippen LogP contribution in [0.5, 0.6) is 0 Å². The predicted molar refractivity (Wildman–Crippen MR) is 228 cm³/mol. The minimum absolute atomic E-state index is 0.742. The summed E-state index contributed by atoms with van der Waals surface area (Å²) < 4.78 is 2.64. The van der Waals surface area contributed by atoms with Gasteiger partial charge in [0.05, 0.1) is 0 Å². The fraction of sp³-hybridized carbons (Fsp3) is 0.137. The molecule has 53 heavy (non-hydrogen) atoms. The van der Waals surface area contributed by atoms with Crippen LogP contribution in [0.25, 0.3) is 64.0 Å². The van der Waals surface area contributed by atoms with Gasteiger partial charge >= 0.3 is 0 Å². The van der Waals surface area contributed by atoms with E-state index in [4.69, 9.17) is 0 Å². The normalized spacial score (nSPS) is 18.1. The van der Waals surface area contributed by atoms with Crippen LogP contribution in [-0.2, 0) is 0 Å². The molecule has 2 saturated carbocycles. The highest BCUT2D eigenvalue weighted by Crippen LogP contribution is 2.53. The van der Waals surface area contributed by atoms with Gasteiger partial charge in [-0.15, -0.1) is 11.3 Å². The molecular formula is C51H39NS. The maximum absolute atomic E-state index is 2.49. The number of benzene rings is 8. The van der Waals surface area contributed by atoms with Crippen LogP contribution >= 0.6 is 11.3 Å². The maximum atomic E-state index is 2.49. The number of anilines is 3. The number of fused-ring (bicyclic) bond motifs is 7. The van der Waals surface area contributed by atoms with Crippen molar-refractivity contribution in [2.75, 3.05) is 4.90 Å². The van der Waals surface area contributed by atoms with Gasteiger partial charge in [0.2, 0.25) is 0 Å². The van der Waals surface area contributed by atoms with Gasteiger partial charge in [0.15, 0.2) is 0 Å². The number of hydrogen-bond donors (Lipinski definition) is 0. The summed E-state index contributed by atoms with van der Waals surface area (Å²) >= 11 is 1.88. The SMILES string of the molecule is c1ccc(-c2cccc3cccc(-c4ccc(N(c5ccc6cc(C7CC8CCC7C8)ccc6c5)c5ccc6c(c5)sc5ccccc56)cc4)c23)cc1. The average Bonchev–Trinajstić information content (AvgIpc) is 3.96. The van der Waals surface area contributed by atoms with E-state index in [0.717, 1.165) is 23.4 Å². The average molecular weight is 698 g/mol. The molecule has 254 valence electrons. The highest BCUT2D eigenvalue weighted by molar-refractivity contribution is 7.25. The molecule has 9 aromatic rings. The Hall–Kier alpha value is -5.70. The third-order valence-corrected chi connectivity index (χ3v) is 13.5.